The molecule has 0 heterocycles. The van der Waals surface area contributed by atoms with E-state index in [1.54, 1.807) is 22.3 Å². The Morgan fingerprint density at radius 1 is 0.548 bits per heavy atom. The first-order chi connectivity index (χ1) is 19.5. The van der Waals surface area contributed by atoms with Gasteiger partial charge in [0.25, 0.3) is 0 Å². The van der Waals surface area contributed by atoms with E-state index in [4.69, 9.17) is 0 Å². The predicted octanol–water partition coefficient (Wildman–Crippen LogP) is 4.93. The van der Waals surface area contributed by atoms with Crippen LogP contribution in [0.5, 0.6) is 0 Å². The van der Waals surface area contributed by atoms with Gasteiger partial charge in [-0.3, -0.25) is 0 Å². The first kappa shape index (κ1) is 34.5. The second-order valence-electron chi connectivity index (χ2n) is 11.6. The van der Waals surface area contributed by atoms with Crippen LogP contribution in [-0.4, -0.2) is 9.52 Å². The van der Waals surface area contributed by atoms with Crippen LogP contribution in [-0.2, 0) is 20.3 Å². The molecule has 0 spiro atoms. The molecular weight excluding hydrogens is 647 g/mol. The van der Waals surface area contributed by atoms with Gasteiger partial charge in [0.1, 0.15) is 0 Å². The van der Waals surface area contributed by atoms with Crippen molar-refractivity contribution in [3.63, 3.8) is 0 Å². The van der Waals surface area contributed by atoms with Crippen molar-refractivity contribution < 1.29 is 45.1 Å². The van der Waals surface area contributed by atoms with Gasteiger partial charge in [-0.15, -0.1) is 0 Å². The SMILES string of the molecule is C[CH2][Zr+2]([CH2]C)([CH]1C(C)=Cc2c(-c3ccccc3)cccc21)[CH]1C(C)=Cc2c(-c3ccccc3)cccc21.C[SiH2]C.[Cl-].[Cl-]. The summed E-state index contributed by atoms with van der Waals surface area (Å²) >= 11 is -2.92. The van der Waals surface area contributed by atoms with Crippen molar-refractivity contribution in [3.05, 3.63) is 130 Å². The van der Waals surface area contributed by atoms with Gasteiger partial charge in [-0.25, -0.2) is 0 Å². The molecule has 218 valence electrons. The molecule has 6 rings (SSSR count). The Kier molecular flexibility index (Phi) is 12.5. The molecule has 2 unspecified atom stereocenters. The number of hydrogen-bond acceptors (Lipinski definition) is 0. The topological polar surface area (TPSA) is 0 Å². The van der Waals surface area contributed by atoms with Gasteiger partial charge in [-0.1, -0.05) is 13.1 Å². The molecule has 0 bridgehead atoms. The first-order valence-corrected chi connectivity index (χ1v) is 24.4. The molecule has 4 aromatic rings. The quantitative estimate of drug-likeness (QED) is 0.252. The summed E-state index contributed by atoms with van der Waals surface area (Å²) in [6, 6.07) is 36.0. The van der Waals surface area contributed by atoms with E-state index in [0.717, 1.165) is 0 Å². The van der Waals surface area contributed by atoms with Gasteiger partial charge < -0.3 is 24.8 Å². The van der Waals surface area contributed by atoms with Crippen molar-refractivity contribution in [2.24, 2.45) is 0 Å². The molecule has 0 amide bonds. The molecule has 0 aromatic heterocycles. The summed E-state index contributed by atoms with van der Waals surface area (Å²) in [6.45, 7) is 14.4. The molecule has 0 fully saturated rings. The minimum Gasteiger partial charge on any atom is -1.00 e. The van der Waals surface area contributed by atoms with Crippen LogP contribution >= 0.6 is 0 Å². The summed E-state index contributed by atoms with van der Waals surface area (Å²) in [5, 5.41) is 0. The van der Waals surface area contributed by atoms with Gasteiger partial charge >= 0.3 is 228 Å². The molecule has 0 N–H and O–H groups in total. The Morgan fingerprint density at radius 3 is 1.24 bits per heavy atom. The average molecular weight is 691 g/mol. The van der Waals surface area contributed by atoms with Crippen molar-refractivity contribution >= 4 is 21.7 Å². The molecule has 0 aliphatic heterocycles. The first-order valence-electron chi connectivity index (χ1n) is 15.2. The fourth-order valence-corrected chi connectivity index (χ4v) is 22.8. The van der Waals surface area contributed by atoms with E-state index >= 15 is 0 Å². The van der Waals surface area contributed by atoms with Gasteiger partial charge in [-0.2, -0.15) is 0 Å². The number of rotatable bonds is 6. The Hall–Kier alpha value is -1.96. The molecule has 2 aliphatic rings. The van der Waals surface area contributed by atoms with Gasteiger partial charge in [0.05, 0.1) is 0 Å². The van der Waals surface area contributed by atoms with Crippen molar-refractivity contribution in [1.29, 1.82) is 0 Å². The van der Waals surface area contributed by atoms with E-state index in [2.05, 4.69) is 150 Å². The summed E-state index contributed by atoms with van der Waals surface area (Å²) < 4.78 is 3.92. The smallest absolute Gasteiger partial charge is 0.0135 e. The van der Waals surface area contributed by atoms with E-state index in [9.17, 15) is 0 Å². The number of halogens is 2. The Bertz CT molecular complexity index is 1430. The molecule has 0 saturated carbocycles. The van der Waals surface area contributed by atoms with Crippen LogP contribution in [0.25, 0.3) is 34.4 Å². The third-order valence-corrected chi connectivity index (χ3v) is 25.1. The van der Waals surface area contributed by atoms with Gasteiger partial charge in [0, 0.05) is 9.52 Å². The monoisotopic (exact) mass is 688 g/mol. The Labute approximate surface area is 273 Å². The molecular formula is C38H44Cl2SiZr. The molecule has 0 nitrogen and oxygen atoms in total. The maximum atomic E-state index is 2.54. The molecule has 4 heteroatoms. The van der Waals surface area contributed by atoms with Crippen molar-refractivity contribution in [3.8, 4) is 22.3 Å². The van der Waals surface area contributed by atoms with Gasteiger partial charge in [-0.05, 0) is 0 Å². The summed E-state index contributed by atoms with van der Waals surface area (Å²) in [7, 11) is 0.417. The molecule has 42 heavy (non-hydrogen) atoms. The van der Waals surface area contributed by atoms with Crippen LogP contribution in [0.4, 0.5) is 0 Å². The fraction of sp³-hybridized carbons (Fsp3) is 0.263. The van der Waals surface area contributed by atoms with Gasteiger partial charge in [0.15, 0.2) is 0 Å². The standard InChI is InChI=1S/2C16H13.C2H8Si.2C2H5.2ClH.Zr/c2*1-12-10-14-8-5-9-15(16(14)11-12)13-6-3-2-4-7-13;1-3-2;2*1-2;;;/h2*2-11H,1H3;3H2,1-2H3;2*1H2,2H3;2*1H;/q;;;;;;;+2/p-2. The fourth-order valence-electron chi connectivity index (χ4n) is 7.60. The van der Waals surface area contributed by atoms with Crippen LogP contribution in [0.3, 0.4) is 0 Å². The number of benzene rings is 4. The van der Waals surface area contributed by atoms with Crippen LogP contribution in [0.2, 0.25) is 21.4 Å². The van der Waals surface area contributed by atoms with E-state index in [1.807, 2.05) is 0 Å². The van der Waals surface area contributed by atoms with Crippen LogP contribution in [0.15, 0.2) is 108 Å². The van der Waals surface area contributed by atoms with Crippen LogP contribution in [0, 0.1) is 0 Å². The largest absolute Gasteiger partial charge is 1.00 e. The van der Waals surface area contributed by atoms with E-state index in [0.29, 0.717) is 16.8 Å². The summed E-state index contributed by atoms with van der Waals surface area (Å²) in [6.07, 6.45) is 5.07. The van der Waals surface area contributed by atoms with Crippen molar-refractivity contribution in [2.45, 2.75) is 56.3 Å². The molecule has 0 radical (unpaired) electrons. The second-order valence-corrected chi connectivity index (χ2v) is 25.4. The minimum atomic E-state index is -2.92. The summed E-state index contributed by atoms with van der Waals surface area (Å²) in [4.78, 5) is 0. The van der Waals surface area contributed by atoms with Crippen molar-refractivity contribution in [2.75, 3.05) is 0 Å². The molecule has 2 atom stereocenters. The number of allylic oxidation sites excluding steroid dienone is 2. The van der Waals surface area contributed by atoms with Gasteiger partial charge in [0.2, 0.25) is 0 Å². The molecule has 2 aliphatic carbocycles. The third-order valence-electron chi connectivity index (χ3n) is 9.19. The van der Waals surface area contributed by atoms with Crippen molar-refractivity contribution in [1.82, 2.24) is 0 Å². The zero-order valence-corrected chi connectivity index (χ0v) is 31.3. The number of fused-ring (bicyclic) bond motifs is 2. The Balaban J connectivity index is 0.000000930. The van der Waals surface area contributed by atoms with E-state index in [1.165, 1.54) is 41.6 Å². The second kappa shape index (κ2) is 15.2. The van der Waals surface area contributed by atoms with Crippen LogP contribution < -0.4 is 24.8 Å². The normalized spacial score (nSPS) is 16.1. The van der Waals surface area contributed by atoms with E-state index in [-0.39, 0.29) is 24.8 Å². The maximum Gasteiger partial charge on any atom is 0.0135 e. The predicted molar refractivity (Wildman–Crippen MR) is 178 cm³/mol. The molecule has 0 saturated heterocycles. The van der Waals surface area contributed by atoms with E-state index < -0.39 is 20.3 Å². The molecule has 4 aromatic carbocycles. The Morgan fingerprint density at radius 2 is 0.905 bits per heavy atom. The minimum absolute atomic E-state index is 0. The third kappa shape index (κ3) is 6.16. The summed E-state index contributed by atoms with van der Waals surface area (Å²) in [5.74, 6) is 0. The van der Waals surface area contributed by atoms with Crippen LogP contribution in [0.1, 0.15) is 57.2 Å². The average Bonchev–Trinajstić information content (AvgIpc) is 3.52. The number of hydrogen-bond donors (Lipinski definition) is 0. The zero-order chi connectivity index (χ0) is 28.3. The summed E-state index contributed by atoms with van der Waals surface area (Å²) in [5.41, 5.74) is 14.7. The zero-order valence-electron chi connectivity index (χ0n) is 25.9. The maximum absolute atomic E-state index is 2.92.